The van der Waals surface area contributed by atoms with Crippen molar-refractivity contribution in [3.8, 4) is 5.75 Å². The largest absolute Gasteiger partial charge is 0.487 e. The second-order valence-electron chi connectivity index (χ2n) is 4.02. The predicted molar refractivity (Wildman–Crippen MR) is 66.7 cm³/mol. The summed E-state index contributed by atoms with van der Waals surface area (Å²) in [4.78, 5) is 4.28. The molecule has 0 aliphatic rings. The Hall–Kier alpha value is -1.62. The van der Waals surface area contributed by atoms with Crippen molar-refractivity contribution < 1.29 is 9.47 Å². The van der Waals surface area contributed by atoms with E-state index in [2.05, 4.69) is 4.98 Å². The van der Waals surface area contributed by atoms with Crippen LogP contribution in [0.5, 0.6) is 5.75 Å². The zero-order valence-corrected chi connectivity index (χ0v) is 10.7. The number of rotatable bonds is 5. The summed E-state index contributed by atoms with van der Waals surface area (Å²) in [5.41, 5.74) is 7.65. The minimum Gasteiger partial charge on any atom is -0.487 e. The van der Waals surface area contributed by atoms with Crippen molar-refractivity contribution >= 4 is 5.84 Å². The maximum Gasteiger partial charge on any atom is 0.134 e. The van der Waals surface area contributed by atoms with E-state index in [-0.39, 0.29) is 11.9 Å². The molecule has 17 heavy (non-hydrogen) atoms. The molecule has 0 saturated carbocycles. The fraction of sp³-hybridized carbons (Fsp3) is 0.500. The van der Waals surface area contributed by atoms with Gasteiger partial charge in [0, 0.05) is 18.9 Å². The molecular formula is C12H19N3O2. The van der Waals surface area contributed by atoms with E-state index in [1.54, 1.807) is 13.2 Å². The zero-order valence-electron chi connectivity index (χ0n) is 10.7. The average molecular weight is 237 g/mol. The van der Waals surface area contributed by atoms with Crippen LogP contribution in [0.25, 0.3) is 0 Å². The number of nitrogen functional groups attached to an aromatic ring is 1. The van der Waals surface area contributed by atoms with Crippen LogP contribution in [0.1, 0.15) is 23.9 Å². The monoisotopic (exact) mass is 237 g/mol. The Balaban J connectivity index is 3.08. The SMILES string of the molecule is COCC(C)Oc1cc(C)nc(C)c1C(=N)N. The molecule has 0 aliphatic heterocycles. The topological polar surface area (TPSA) is 81.2 Å². The van der Waals surface area contributed by atoms with E-state index in [0.717, 1.165) is 5.69 Å². The highest BCUT2D eigenvalue weighted by Gasteiger charge is 2.14. The van der Waals surface area contributed by atoms with Crippen LogP contribution in [0.2, 0.25) is 0 Å². The van der Waals surface area contributed by atoms with Gasteiger partial charge >= 0.3 is 0 Å². The molecule has 1 atom stereocenters. The number of aromatic nitrogens is 1. The van der Waals surface area contributed by atoms with Crippen LogP contribution in [0, 0.1) is 19.3 Å². The number of pyridine rings is 1. The molecule has 1 aromatic heterocycles. The number of nitrogens with one attached hydrogen (secondary N) is 1. The van der Waals surface area contributed by atoms with Gasteiger partial charge in [-0.1, -0.05) is 0 Å². The van der Waals surface area contributed by atoms with E-state index in [1.807, 2.05) is 20.8 Å². The van der Waals surface area contributed by atoms with Gasteiger partial charge < -0.3 is 15.2 Å². The van der Waals surface area contributed by atoms with Crippen molar-refractivity contribution in [2.75, 3.05) is 13.7 Å². The number of amidine groups is 1. The lowest BCUT2D eigenvalue weighted by Gasteiger charge is -2.18. The Morgan fingerprint density at radius 2 is 2.18 bits per heavy atom. The Labute approximate surface area is 101 Å². The molecule has 0 aliphatic carbocycles. The van der Waals surface area contributed by atoms with Crippen molar-refractivity contribution in [3.63, 3.8) is 0 Å². The lowest BCUT2D eigenvalue weighted by atomic mass is 10.1. The van der Waals surface area contributed by atoms with Crippen LogP contribution < -0.4 is 10.5 Å². The summed E-state index contributed by atoms with van der Waals surface area (Å²) in [7, 11) is 1.62. The molecule has 1 heterocycles. The second kappa shape index (κ2) is 5.63. The van der Waals surface area contributed by atoms with Crippen molar-refractivity contribution in [2.24, 2.45) is 5.73 Å². The third-order valence-electron chi connectivity index (χ3n) is 2.29. The average Bonchev–Trinajstić information content (AvgIpc) is 2.15. The van der Waals surface area contributed by atoms with Crippen molar-refractivity contribution in [1.29, 1.82) is 5.41 Å². The molecule has 0 saturated heterocycles. The lowest BCUT2D eigenvalue weighted by Crippen LogP contribution is -2.22. The van der Waals surface area contributed by atoms with E-state index in [9.17, 15) is 0 Å². The summed E-state index contributed by atoms with van der Waals surface area (Å²) >= 11 is 0. The highest BCUT2D eigenvalue weighted by molar-refractivity contribution is 5.98. The molecule has 1 aromatic rings. The fourth-order valence-electron chi connectivity index (χ4n) is 1.70. The van der Waals surface area contributed by atoms with Gasteiger partial charge in [-0.05, 0) is 20.8 Å². The number of ether oxygens (including phenoxy) is 2. The van der Waals surface area contributed by atoms with Crippen molar-refractivity contribution in [1.82, 2.24) is 4.98 Å². The van der Waals surface area contributed by atoms with Crippen LogP contribution in [0.4, 0.5) is 0 Å². The number of aryl methyl sites for hydroxylation is 2. The second-order valence-corrected chi connectivity index (χ2v) is 4.02. The smallest absolute Gasteiger partial charge is 0.134 e. The number of nitrogens with zero attached hydrogens (tertiary/aromatic N) is 1. The Morgan fingerprint density at radius 1 is 1.53 bits per heavy atom. The van der Waals surface area contributed by atoms with Gasteiger partial charge in [0.2, 0.25) is 0 Å². The molecule has 3 N–H and O–H groups in total. The maximum absolute atomic E-state index is 7.56. The van der Waals surface area contributed by atoms with Crippen LogP contribution in [0.3, 0.4) is 0 Å². The standard InChI is InChI=1S/C12H19N3O2/c1-7-5-10(17-8(2)6-16-4)11(12(13)14)9(3)15-7/h5,8H,6H2,1-4H3,(H3,13,14). The molecule has 0 bridgehead atoms. The number of hydrogen-bond acceptors (Lipinski definition) is 4. The third kappa shape index (κ3) is 3.42. The molecule has 5 nitrogen and oxygen atoms in total. The summed E-state index contributed by atoms with van der Waals surface area (Å²) in [6, 6.07) is 1.79. The van der Waals surface area contributed by atoms with E-state index < -0.39 is 0 Å². The minimum absolute atomic E-state index is 0.0328. The molecule has 0 spiro atoms. The Kier molecular flexibility index (Phi) is 4.45. The first-order chi connectivity index (χ1) is 7.95. The molecule has 94 valence electrons. The summed E-state index contributed by atoms with van der Waals surface area (Å²) in [5, 5.41) is 7.56. The molecule has 0 amide bonds. The van der Waals surface area contributed by atoms with Crippen LogP contribution in [-0.2, 0) is 4.74 Å². The summed E-state index contributed by atoms with van der Waals surface area (Å²) in [5.74, 6) is 0.557. The zero-order chi connectivity index (χ0) is 13.0. The number of nitrogens with two attached hydrogens (primary N) is 1. The summed E-state index contributed by atoms with van der Waals surface area (Å²) in [6.45, 7) is 6.08. The van der Waals surface area contributed by atoms with Gasteiger partial charge in [0.1, 0.15) is 17.7 Å². The fourth-order valence-corrected chi connectivity index (χ4v) is 1.70. The molecule has 1 rings (SSSR count). The molecule has 5 heteroatoms. The van der Waals surface area contributed by atoms with Crippen LogP contribution in [-0.4, -0.2) is 30.6 Å². The third-order valence-corrected chi connectivity index (χ3v) is 2.29. The minimum atomic E-state index is -0.0979. The van der Waals surface area contributed by atoms with Gasteiger partial charge in [0.05, 0.1) is 17.9 Å². The maximum atomic E-state index is 7.56. The van der Waals surface area contributed by atoms with Gasteiger partial charge in [0.25, 0.3) is 0 Å². The highest BCUT2D eigenvalue weighted by Crippen LogP contribution is 2.22. The number of methoxy groups -OCH3 is 1. The van der Waals surface area contributed by atoms with Crippen LogP contribution >= 0.6 is 0 Å². The highest BCUT2D eigenvalue weighted by atomic mass is 16.5. The molecule has 0 fully saturated rings. The normalized spacial score (nSPS) is 12.2. The first-order valence-electron chi connectivity index (χ1n) is 5.44. The van der Waals surface area contributed by atoms with Gasteiger partial charge in [0.15, 0.2) is 0 Å². The quantitative estimate of drug-likeness (QED) is 0.599. The molecule has 0 radical (unpaired) electrons. The molecular weight excluding hydrogens is 218 g/mol. The summed E-state index contributed by atoms with van der Waals surface area (Å²) < 4.78 is 10.7. The van der Waals surface area contributed by atoms with E-state index in [0.29, 0.717) is 23.6 Å². The van der Waals surface area contributed by atoms with Gasteiger partial charge in [-0.2, -0.15) is 0 Å². The van der Waals surface area contributed by atoms with Crippen molar-refractivity contribution in [2.45, 2.75) is 26.9 Å². The van der Waals surface area contributed by atoms with E-state index in [1.165, 1.54) is 0 Å². The first-order valence-corrected chi connectivity index (χ1v) is 5.44. The van der Waals surface area contributed by atoms with Crippen LogP contribution in [0.15, 0.2) is 6.07 Å². The Bertz CT molecular complexity index is 418. The lowest BCUT2D eigenvalue weighted by molar-refractivity contribution is 0.0918. The van der Waals surface area contributed by atoms with Crippen molar-refractivity contribution in [3.05, 3.63) is 23.0 Å². The van der Waals surface area contributed by atoms with E-state index in [4.69, 9.17) is 20.6 Å². The Morgan fingerprint density at radius 3 is 2.71 bits per heavy atom. The predicted octanol–water partition coefficient (Wildman–Crippen LogP) is 1.40. The van der Waals surface area contributed by atoms with Gasteiger partial charge in [-0.15, -0.1) is 0 Å². The van der Waals surface area contributed by atoms with E-state index >= 15 is 0 Å². The number of hydrogen-bond donors (Lipinski definition) is 2. The first kappa shape index (κ1) is 13.4. The van der Waals surface area contributed by atoms with Gasteiger partial charge in [-0.3, -0.25) is 10.4 Å². The summed E-state index contributed by atoms with van der Waals surface area (Å²) in [6.07, 6.45) is -0.0979. The molecule has 1 unspecified atom stereocenters. The van der Waals surface area contributed by atoms with Gasteiger partial charge in [-0.25, -0.2) is 0 Å². The molecule has 0 aromatic carbocycles.